The maximum absolute atomic E-state index is 12.6. The number of hydrogen-bond acceptors (Lipinski definition) is 3. The van der Waals surface area contributed by atoms with Crippen LogP contribution < -0.4 is 5.32 Å². The summed E-state index contributed by atoms with van der Waals surface area (Å²) in [6.07, 6.45) is -4.41. The number of guanidine groups is 1. The minimum atomic E-state index is -4.41. The van der Waals surface area contributed by atoms with Gasteiger partial charge in [0.25, 0.3) is 0 Å². The zero-order chi connectivity index (χ0) is 17.7. The van der Waals surface area contributed by atoms with Gasteiger partial charge in [0.1, 0.15) is 5.01 Å². The Hall–Kier alpha value is -1.61. The quantitative estimate of drug-likeness (QED) is 0.596. The number of aromatic nitrogens is 1. The summed E-state index contributed by atoms with van der Waals surface area (Å²) in [5.74, 6) is 0.585. The van der Waals surface area contributed by atoms with Crippen LogP contribution in [0.5, 0.6) is 0 Å². The molecule has 0 amide bonds. The third-order valence-electron chi connectivity index (χ3n) is 3.15. The second kappa shape index (κ2) is 7.98. The van der Waals surface area contributed by atoms with E-state index in [2.05, 4.69) is 31.2 Å². The van der Waals surface area contributed by atoms with E-state index in [0.717, 1.165) is 26.8 Å². The molecule has 24 heavy (non-hydrogen) atoms. The van der Waals surface area contributed by atoms with E-state index < -0.39 is 11.9 Å². The fourth-order valence-electron chi connectivity index (χ4n) is 2.00. The molecule has 0 aliphatic rings. The van der Waals surface area contributed by atoms with Crippen LogP contribution in [0.15, 0.2) is 39.1 Å². The number of aliphatic imine (C=N–C) groups is 1. The molecule has 0 spiro atoms. The monoisotopic (exact) mass is 420 g/mol. The lowest BCUT2D eigenvalue weighted by molar-refractivity contribution is -0.140. The Bertz CT molecular complexity index is 697. The van der Waals surface area contributed by atoms with Crippen molar-refractivity contribution in [2.24, 2.45) is 4.99 Å². The molecule has 1 aromatic heterocycles. The zero-order valence-electron chi connectivity index (χ0n) is 13.1. The van der Waals surface area contributed by atoms with E-state index in [1.54, 1.807) is 7.05 Å². The molecule has 0 saturated carbocycles. The minimum Gasteiger partial charge on any atom is -0.350 e. The van der Waals surface area contributed by atoms with Crippen molar-refractivity contribution in [3.63, 3.8) is 0 Å². The van der Waals surface area contributed by atoms with Gasteiger partial charge >= 0.3 is 6.18 Å². The second-order valence-electron chi connectivity index (χ2n) is 5.01. The molecular weight excluding hydrogens is 405 g/mol. The molecule has 1 N–H and O–H groups in total. The maximum atomic E-state index is 12.6. The zero-order valence-corrected chi connectivity index (χ0v) is 15.5. The summed E-state index contributed by atoms with van der Waals surface area (Å²) in [6.45, 7) is 0.816. The molecule has 0 saturated heterocycles. The minimum absolute atomic E-state index is 0.193. The van der Waals surface area contributed by atoms with Crippen LogP contribution in [-0.2, 0) is 19.3 Å². The van der Waals surface area contributed by atoms with Crippen LogP contribution in [0.2, 0.25) is 0 Å². The summed E-state index contributed by atoms with van der Waals surface area (Å²) < 4.78 is 38.7. The Kier molecular flexibility index (Phi) is 6.22. The molecule has 0 atom stereocenters. The van der Waals surface area contributed by atoms with Gasteiger partial charge in [-0.05, 0) is 17.7 Å². The summed E-state index contributed by atoms with van der Waals surface area (Å²) in [5.41, 5.74) is 0.236. The average molecular weight is 421 g/mol. The number of nitrogens with zero attached hydrogens (tertiary/aromatic N) is 3. The van der Waals surface area contributed by atoms with Gasteiger partial charge in [-0.25, -0.2) is 4.98 Å². The van der Waals surface area contributed by atoms with E-state index in [9.17, 15) is 13.2 Å². The first-order chi connectivity index (χ1) is 11.3. The predicted molar refractivity (Wildman–Crippen MR) is 92.9 cm³/mol. The first-order valence-electron chi connectivity index (χ1n) is 6.97. The van der Waals surface area contributed by atoms with E-state index in [1.165, 1.54) is 0 Å². The Balaban J connectivity index is 1.94. The van der Waals surface area contributed by atoms with E-state index in [-0.39, 0.29) is 6.54 Å². The van der Waals surface area contributed by atoms with Gasteiger partial charge in [-0.15, -0.1) is 11.3 Å². The number of alkyl halides is 3. The largest absolute Gasteiger partial charge is 0.434 e. The van der Waals surface area contributed by atoms with Crippen LogP contribution in [0, 0.1) is 0 Å². The summed E-state index contributed by atoms with van der Waals surface area (Å²) in [5, 5.41) is 4.41. The number of halogens is 4. The van der Waals surface area contributed by atoms with Crippen molar-refractivity contribution >= 4 is 33.2 Å². The van der Waals surface area contributed by atoms with Crippen LogP contribution in [0.4, 0.5) is 13.2 Å². The predicted octanol–water partition coefficient (Wildman–Crippen LogP) is 4.13. The number of nitrogens with one attached hydrogen (secondary N) is 1. The van der Waals surface area contributed by atoms with Crippen molar-refractivity contribution in [1.82, 2.24) is 15.2 Å². The Morgan fingerprint density at radius 3 is 2.54 bits per heavy atom. The highest BCUT2D eigenvalue weighted by molar-refractivity contribution is 9.10. The van der Waals surface area contributed by atoms with Crippen LogP contribution in [0.1, 0.15) is 16.3 Å². The highest BCUT2D eigenvalue weighted by Crippen LogP contribution is 2.29. The van der Waals surface area contributed by atoms with Gasteiger partial charge < -0.3 is 10.2 Å². The Morgan fingerprint density at radius 2 is 2.00 bits per heavy atom. The molecule has 0 unspecified atom stereocenters. The molecule has 4 nitrogen and oxygen atoms in total. The number of hydrogen-bond donors (Lipinski definition) is 1. The lowest BCUT2D eigenvalue weighted by Crippen LogP contribution is -2.38. The summed E-state index contributed by atoms with van der Waals surface area (Å²) in [6, 6.07) is 7.88. The third-order valence-corrected chi connectivity index (χ3v) is 4.52. The van der Waals surface area contributed by atoms with Gasteiger partial charge in [0.2, 0.25) is 0 Å². The normalized spacial score (nSPS) is 12.3. The molecule has 1 aromatic carbocycles. The molecule has 0 aliphatic carbocycles. The molecule has 130 valence electrons. The molecule has 2 rings (SSSR count). The highest BCUT2D eigenvalue weighted by atomic mass is 79.9. The summed E-state index contributed by atoms with van der Waals surface area (Å²) in [4.78, 5) is 9.63. The number of benzene rings is 1. The molecule has 9 heteroatoms. The lowest BCUT2D eigenvalue weighted by atomic mass is 10.2. The topological polar surface area (TPSA) is 40.5 Å². The molecule has 0 aliphatic heterocycles. The number of rotatable bonds is 4. The van der Waals surface area contributed by atoms with E-state index in [1.807, 2.05) is 36.2 Å². The average Bonchev–Trinajstić information content (AvgIpc) is 2.99. The van der Waals surface area contributed by atoms with Crippen molar-refractivity contribution in [3.05, 3.63) is 50.4 Å². The molecule has 0 radical (unpaired) electrons. The van der Waals surface area contributed by atoms with Crippen LogP contribution in [0.25, 0.3) is 0 Å². The van der Waals surface area contributed by atoms with E-state index in [4.69, 9.17) is 0 Å². The fraction of sp³-hybridized carbons (Fsp3) is 0.333. The van der Waals surface area contributed by atoms with Gasteiger partial charge in [0.05, 0.1) is 6.54 Å². The third kappa shape index (κ3) is 5.20. The van der Waals surface area contributed by atoms with Crippen molar-refractivity contribution in [2.45, 2.75) is 19.3 Å². The molecule has 0 bridgehead atoms. The standard InChI is InChI=1S/C15H16BrF3N4S/c1-20-14(23(2)8-10-3-5-11(16)6-4-10)21-7-13-22-12(9-24-13)15(17,18)19/h3-6,9H,7-8H2,1-2H3,(H,20,21). The van der Waals surface area contributed by atoms with Crippen molar-refractivity contribution in [2.75, 3.05) is 14.1 Å². The van der Waals surface area contributed by atoms with Crippen LogP contribution in [0.3, 0.4) is 0 Å². The Labute approximate surface area is 150 Å². The maximum Gasteiger partial charge on any atom is 0.434 e. The Morgan fingerprint density at radius 1 is 1.33 bits per heavy atom. The molecule has 1 heterocycles. The van der Waals surface area contributed by atoms with Gasteiger partial charge in [-0.2, -0.15) is 13.2 Å². The second-order valence-corrected chi connectivity index (χ2v) is 6.87. The summed E-state index contributed by atoms with van der Waals surface area (Å²) in [7, 11) is 3.49. The number of thiazole rings is 1. The summed E-state index contributed by atoms with van der Waals surface area (Å²) >= 11 is 4.36. The van der Waals surface area contributed by atoms with Crippen molar-refractivity contribution in [1.29, 1.82) is 0 Å². The van der Waals surface area contributed by atoms with Crippen molar-refractivity contribution in [3.8, 4) is 0 Å². The van der Waals surface area contributed by atoms with E-state index >= 15 is 0 Å². The van der Waals surface area contributed by atoms with Gasteiger partial charge in [0.15, 0.2) is 11.7 Å². The van der Waals surface area contributed by atoms with Gasteiger partial charge in [0, 0.05) is 30.5 Å². The SMILES string of the molecule is CN=C(NCc1nc(C(F)(F)F)cs1)N(C)Cc1ccc(Br)cc1. The van der Waals surface area contributed by atoms with Gasteiger partial charge in [-0.3, -0.25) is 4.99 Å². The smallest absolute Gasteiger partial charge is 0.350 e. The van der Waals surface area contributed by atoms with Gasteiger partial charge in [-0.1, -0.05) is 28.1 Å². The van der Waals surface area contributed by atoms with E-state index in [0.29, 0.717) is 17.5 Å². The van der Waals surface area contributed by atoms with Crippen molar-refractivity contribution < 1.29 is 13.2 Å². The fourth-order valence-corrected chi connectivity index (χ4v) is 3.01. The van der Waals surface area contributed by atoms with Crippen LogP contribution >= 0.6 is 27.3 Å². The first-order valence-corrected chi connectivity index (χ1v) is 8.64. The lowest BCUT2D eigenvalue weighted by Gasteiger charge is -2.21. The highest BCUT2D eigenvalue weighted by Gasteiger charge is 2.33. The molecule has 2 aromatic rings. The molecule has 0 fully saturated rings. The molecular formula is C15H16BrF3N4S. The first kappa shape index (κ1) is 18.7. The van der Waals surface area contributed by atoms with Crippen LogP contribution in [-0.4, -0.2) is 29.9 Å².